The summed E-state index contributed by atoms with van der Waals surface area (Å²) in [6, 6.07) is 3.61. The van der Waals surface area contributed by atoms with E-state index in [1.807, 2.05) is 5.59 Å². The summed E-state index contributed by atoms with van der Waals surface area (Å²) >= 11 is 5.51. The zero-order valence-corrected chi connectivity index (χ0v) is 8.55. The number of halogens is 2. The Morgan fingerprint density at radius 1 is 1.47 bits per heavy atom. The molecular formula is C6H4ClFN2O4S. The van der Waals surface area contributed by atoms with Gasteiger partial charge in [-0.05, 0) is 18.2 Å². The van der Waals surface area contributed by atoms with Crippen LogP contribution < -0.4 is 10.8 Å². The minimum absolute atomic E-state index is 0.166. The third kappa shape index (κ3) is 2.19. The van der Waals surface area contributed by atoms with Crippen molar-refractivity contribution >= 4 is 27.7 Å². The first kappa shape index (κ1) is 10.6. The summed E-state index contributed by atoms with van der Waals surface area (Å²) < 4.78 is 42.9. The van der Waals surface area contributed by atoms with Crippen LogP contribution in [0.1, 0.15) is 0 Å². The summed E-state index contributed by atoms with van der Waals surface area (Å²) in [7, 11) is -4.16. The highest BCUT2D eigenvalue weighted by molar-refractivity contribution is 7.82. The van der Waals surface area contributed by atoms with Gasteiger partial charge in [-0.1, -0.05) is 17.2 Å². The van der Waals surface area contributed by atoms with Gasteiger partial charge in [0.15, 0.2) is 5.82 Å². The summed E-state index contributed by atoms with van der Waals surface area (Å²) in [5.41, 5.74) is 1.70. The molecule has 0 unspecified atom stereocenters. The fourth-order valence-corrected chi connectivity index (χ4v) is 1.58. The number of benzene rings is 1. The van der Waals surface area contributed by atoms with Crippen molar-refractivity contribution in [2.75, 3.05) is 5.17 Å². The van der Waals surface area contributed by atoms with E-state index in [-0.39, 0.29) is 10.7 Å². The van der Waals surface area contributed by atoms with Crippen molar-refractivity contribution in [1.82, 2.24) is 5.59 Å². The van der Waals surface area contributed by atoms with Gasteiger partial charge in [0.25, 0.3) is 0 Å². The van der Waals surface area contributed by atoms with Crippen LogP contribution in [0.25, 0.3) is 0 Å². The molecule has 15 heavy (non-hydrogen) atoms. The van der Waals surface area contributed by atoms with Gasteiger partial charge < -0.3 is 0 Å². The number of hydrazine groups is 1. The van der Waals surface area contributed by atoms with E-state index in [0.29, 0.717) is 5.17 Å². The first-order valence-corrected chi connectivity index (χ1v) is 5.33. The first-order chi connectivity index (χ1) is 6.98. The van der Waals surface area contributed by atoms with Crippen molar-refractivity contribution in [3.63, 3.8) is 0 Å². The van der Waals surface area contributed by atoms with Crippen LogP contribution in [0.2, 0.25) is 5.02 Å². The van der Waals surface area contributed by atoms with Gasteiger partial charge >= 0.3 is 10.4 Å². The summed E-state index contributed by atoms with van der Waals surface area (Å²) in [5.74, 6) is -0.754. The number of anilines is 1. The molecule has 6 nitrogen and oxygen atoms in total. The van der Waals surface area contributed by atoms with Crippen LogP contribution in [0.15, 0.2) is 18.2 Å². The lowest BCUT2D eigenvalue weighted by atomic mass is 10.3. The Hall–Kier alpha value is -0.930. The largest absolute Gasteiger partial charge is 0.440 e. The minimum Gasteiger partial charge on any atom is -0.204 e. The Morgan fingerprint density at radius 2 is 2.20 bits per heavy atom. The minimum atomic E-state index is -4.16. The van der Waals surface area contributed by atoms with E-state index in [2.05, 4.69) is 8.57 Å². The molecule has 1 heterocycles. The molecule has 0 amide bonds. The molecule has 1 N–H and O–H groups in total. The Morgan fingerprint density at radius 3 is 2.73 bits per heavy atom. The first-order valence-electron chi connectivity index (χ1n) is 3.62. The van der Waals surface area contributed by atoms with Gasteiger partial charge in [-0.3, -0.25) is 0 Å². The van der Waals surface area contributed by atoms with Crippen molar-refractivity contribution in [3.8, 4) is 0 Å². The molecule has 1 aromatic carbocycles. The summed E-state index contributed by atoms with van der Waals surface area (Å²) in [6.45, 7) is 0. The van der Waals surface area contributed by atoms with Gasteiger partial charge in [0, 0.05) is 5.02 Å². The van der Waals surface area contributed by atoms with Crippen LogP contribution in [-0.2, 0) is 19.0 Å². The maximum Gasteiger partial charge on any atom is 0.440 e. The fourth-order valence-electron chi connectivity index (χ4n) is 0.937. The van der Waals surface area contributed by atoms with E-state index in [1.165, 1.54) is 12.1 Å². The van der Waals surface area contributed by atoms with E-state index in [0.717, 1.165) is 6.07 Å². The number of nitrogens with one attached hydrogen (secondary N) is 1. The molecule has 0 aromatic heterocycles. The monoisotopic (exact) mass is 254 g/mol. The van der Waals surface area contributed by atoms with E-state index in [4.69, 9.17) is 11.6 Å². The SMILES string of the molecule is O=S1(=O)ONN(c2ccc(Cl)cc2F)O1. The van der Waals surface area contributed by atoms with Crippen molar-refractivity contribution in [2.45, 2.75) is 0 Å². The van der Waals surface area contributed by atoms with Crippen LogP contribution in [0, 0.1) is 5.82 Å². The summed E-state index contributed by atoms with van der Waals surface area (Å²) in [5, 5.41) is 0.709. The van der Waals surface area contributed by atoms with Crippen molar-refractivity contribution < 1.29 is 21.4 Å². The van der Waals surface area contributed by atoms with Crippen LogP contribution >= 0.6 is 11.6 Å². The lowest BCUT2D eigenvalue weighted by Gasteiger charge is -2.11. The molecule has 1 aliphatic heterocycles. The number of rotatable bonds is 1. The van der Waals surface area contributed by atoms with E-state index >= 15 is 0 Å². The highest BCUT2D eigenvalue weighted by Gasteiger charge is 2.30. The van der Waals surface area contributed by atoms with Crippen molar-refractivity contribution in [3.05, 3.63) is 29.0 Å². The second-order valence-electron chi connectivity index (χ2n) is 2.55. The zero-order valence-electron chi connectivity index (χ0n) is 6.98. The quantitative estimate of drug-likeness (QED) is 0.804. The van der Waals surface area contributed by atoms with Gasteiger partial charge in [-0.25, -0.2) is 4.39 Å². The van der Waals surface area contributed by atoms with Gasteiger partial charge in [0.05, 0.1) is 0 Å². The Kier molecular flexibility index (Phi) is 2.52. The second-order valence-corrected chi connectivity index (χ2v) is 4.12. The Balaban J connectivity index is 2.32. The van der Waals surface area contributed by atoms with Crippen LogP contribution in [0.5, 0.6) is 0 Å². The molecule has 1 fully saturated rings. The Bertz CT molecular complexity index is 494. The molecule has 9 heteroatoms. The lowest BCUT2D eigenvalue weighted by Crippen LogP contribution is -2.29. The maximum absolute atomic E-state index is 13.3. The van der Waals surface area contributed by atoms with E-state index < -0.39 is 16.2 Å². The molecule has 82 valence electrons. The summed E-state index contributed by atoms with van der Waals surface area (Å²) in [4.78, 5) is 0. The van der Waals surface area contributed by atoms with Crippen LogP contribution in [-0.4, -0.2) is 8.42 Å². The average Bonchev–Trinajstić information content (AvgIpc) is 2.46. The topological polar surface area (TPSA) is 67.9 Å². The summed E-state index contributed by atoms with van der Waals surface area (Å²) in [6.07, 6.45) is 0. The maximum atomic E-state index is 13.3. The highest BCUT2D eigenvalue weighted by atomic mass is 35.5. The second kappa shape index (κ2) is 3.58. The molecule has 0 atom stereocenters. The number of nitrogens with zero attached hydrogens (tertiary/aromatic N) is 1. The van der Waals surface area contributed by atoms with E-state index in [9.17, 15) is 12.8 Å². The molecule has 1 aliphatic rings. The van der Waals surface area contributed by atoms with Gasteiger partial charge in [-0.15, -0.1) is 13.7 Å². The standard InChI is InChI=1S/C6H4ClFN2O4S/c7-4-1-2-6(5(8)3-4)10-9-13-15(11,12)14-10/h1-3,9H. The van der Waals surface area contributed by atoms with Crippen LogP contribution in [0.4, 0.5) is 10.1 Å². The predicted octanol–water partition coefficient (Wildman–Crippen LogP) is 0.912. The smallest absolute Gasteiger partial charge is 0.204 e. The molecule has 0 aliphatic carbocycles. The average molecular weight is 255 g/mol. The molecule has 2 rings (SSSR count). The molecular weight excluding hydrogens is 251 g/mol. The van der Waals surface area contributed by atoms with Gasteiger partial charge in [0.2, 0.25) is 0 Å². The fraction of sp³-hybridized carbons (Fsp3) is 0. The molecule has 0 radical (unpaired) electrons. The lowest BCUT2D eigenvalue weighted by molar-refractivity contribution is 0.196. The molecule has 0 spiro atoms. The Labute approximate surface area is 89.4 Å². The number of hydrogen-bond donors (Lipinski definition) is 1. The third-order valence-electron chi connectivity index (χ3n) is 1.52. The zero-order chi connectivity index (χ0) is 11.1. The predicted molar refractivity (Wildman–Crippen MR) is 48.1 cm³/mol. The molecule has 0 saturated carbocycles. The van der Waals surface area contributed by atoms with Gasteiger partial charge in [0.1, 0.15) is 5.69 Å². The molecule has 0 bridgehead atoms. The highest BCUT2D eigenvalue weighted by Crippen LogP contribution is 2.24. The van der Waals surface area contributed by atoms with Gasteiger partial charge in [-0.2, -0.15) is 8.42 Å². The molecule has 1 aromatic rings. The normalized spacial score (nSPS) is 19.5. The van der Waals surface area contributed by atoms with Crippen molar-refractivity contribution in [2.24, 2.45) is 0 Å². The van der Waals surface area contributed by atoms with Crippen molar-refractivity contribution in [1.29, 1.82) is 0 Å². The number of hydrogen-bond acceptors (Lipinski definition) is 6. The molecule has 1 saturated heterocycles. The van der Waals surface area contributed by atoms with Crippen LogP contribution in [0.3, 0.4) is 0 Å². The third-order valence-corrected chi connectivity index (χ3v) is 2.36. The van der Waals surface area contributed by atoms with E-state index in [1.54, 1.807) is 0 Å².